The standard InChI is InChI=1S/C32H50O6S2/c1-4-5-6-7-8-9-10-11-12-13-14-15-16-17-18-19-32(37-39(33,34)30-24-20-28(2)21-25-30)38-40(35,36)31-26-22-29(3)23-27-31/h20-27,32H,4-19H2,1-3H3. The maximum atomic E-state index is 12.9. The van der Waals surface area contributed by atoms with Gasteiger partial charge in [-0.15, -0.1) is 0 Å². The Morgan fingerprint density at radius 3 is 1.12 bits per heavy atom. The Balaban J connectivity index is 1.78. The van der Waals surface area contributed by atoms with Crippen molar-refractivity contribution < 1.29 is 25.2 Å². The largest absolute Gasteiger partial charge is 0.299 e. The van der Waals surface area contributed by atoms with E-state index in [0.29, 0.717) is 6.42 Å². The highest BCUT2D eigenvalue weighted by atomic mass is 32.2. The number of hydrogen-bond donors (Lipinski definition) is 0. The van der Waals surface area contributed by atoms with Gasteiger partial charge in [0.2, 0.25) is 0 Å². The van der Waals surface area contributed by atoms with E-state index in [-0.39, 0.29) is 16.2 Å². The highest BCUT2D eigenvalue weighted by Gasteiger charge is 2.28. The molecule has 0 saturated heterocycles. The Labute approximate surface area is 244 Å². The molecule has 0 aliphatic rings. The van der Waals surface area contributed by atoms with Crippen LogP contribution in [-0.2, 0) is 28.6 Å². The lowest BCUT2D eigenvalue weighted by molar-refractivity contribution is 0.00873. The van der Waals surface area contributed by atoms with Gasteiger partial charge in [0, 0.05) is 6.42 Å². The Kier molecular flexibility index (Phi) is 16.1. The summed E-state index contributed by atoms with van der Waals surface area (Å²) in [5.74, 6) is 0. The third-order valence-electron chi connectivity index (χ3n) is 7.13. The summed E-state index contributed by atoms with van der Waals surface area (Å²) in [5.41, 5.74) is 1.82. The molecule has 0 N–H and O–H groups in total. The number of benzene rings is 2. The maximum absolute atomic E-state index is 12.9. The van der Waals surface area contributed by atoms with Gasteiger partial charge in [0.05, 0.1) is 9.79 Å². The Bertz CT molecular complexity index is 1080. The van der Waals surface area contributed by atoms with Gasteiger partial charge in [-0.05, 0) is 44.5 Å². The molecule has 2 rings (SSSR count). The van der Waals surface area contributed by atoms with Gasteiger partial charge in [0.1, 0.15) is 0 Å². The van der Waals surface area contributed by atoms with Crippen LogP contribution in [0.3, 0.4) is 0 Å². The smallest absolute Gasteiger partial charge is 0.233 e. The fourth-order valence-corrected chi connectivity index (χ4v) is 6.65. The number of hydrogen-bond acceptors (Lipinski definition) is 6. The first-order valence-electron chi connectivity index (χ1n) is 15.1. The molecule has 0 aromatic heterocycles. The molecular formula is C32H50O6S2. The molecule has 0 saturated carbocycles. The monoisotopic (exact) mass is 594 g/mol. The molecule has 2 aromatic carbocycles. The first-order chi connectivity index (χ1) is 19.1. The van der Waals surface area contributed by atoms with Crippen LogP contribution in [0.1, 0.15) is 121 Å². The van der Waals surface area contributed by atoms with Gasteiger partial charge in [-0.3, -0.25) is 0 Å². The third kappa shape index (κ3) is 13.7. The predicted octanol–water partition coefficient (Wildman–Crippen LogP) is 9.00. The van der Waals surface area contributed by atoms with Crippen LogP contribution in [0.2, 0.25) is 0 Å². The van der Waals surface area contributed by atoms with E-state index in [9.17, 15) is 16.8 Å². The molecule has 0 unspecified atom stereocenters. The van der Waals surface area contributed by atoms with Crippen LogP contribution in [-0.4, -0.2) is 23.1 Å². The molecule has 0 bridgehead atoms. The molecule has 0 radical (unpaired) electrons. The zero-order valence-corrected chi connectivity index (χ0v) is 26.4. The van der Waals surface area contributed by atoms with Crippen LogP contribution < -0.4 is 0 Å². The Morgan fingerprint density at radius 2 is 0.800 bits per heavy atom. The van der Waals surface area contributed by atoms with Crippen LogP contribution in [0.5, 0.6) is 0 Å². The molecule has 0 aliphatic carbocycles. The van der Waals surface area contributed by atoms with E-state index in [2.05, 4.69) is 6.92 Å². The van der Waals surface area contributed by atoms with E-state index in [1.54, 1.807) is 24.3 Å². The van der Waals surface area contributed by atoms with Crippen molar-refractivity contribution in [3.05, 3.63) is 59.7 Å². The minimum absolute atomic E-state index is 0.0315. The summed E-state index contributed by atoms with van der Waals surface area (Å²) >= 11 is 0. The second-order valence-electron chi connectivity index (χ2n) is 10.9. The topological polar surface area (TPSA) is 86.7 Å². The molecule has 6 nitrogen and oxygen atoms in total. The summed E-state index contributed by atoms with van der Waals surface area (Å²) in [6.45, 7) is 5.96. The van der Waals surface area contributed by atoms with Gasteiger partial charge in [-0.25, -0.2) is 8.37 Å². The molecule has 0 atom stereocenters. The highest BCUT2D eigenvalue weighted by Crippen LogP contribution is 2.23. The van der Waals surface area contributed by atoms with Crippen molar-refractivity contribution in [2.24, 2.45) is 0 Å². The molecule has 0 fully saturated rings. The highest BCUT2D eigenvalue weighted by molar-refractivity contribution is 7.87. The van der Waals surface area contributed by atoms with Crippen LogP contribution in [0, 0.1) is 13.8 Å². The van der Waals surface area contributed by atoms with Gasteiger partial charge in [0.15, 0.2) is 6.29 Å². The van der Waals surface area contributed by atoms with E-state index >= 15 is 0 Å². The van der Waals surface area contributed by atoms with Gasteiger partial charge in [-0.2, -0.15) is 16.8 Å². The summed E-state index contributed by atoms with van der Waals surface area (Å²) in [4.78, 5) is -0.0631. The Hall–Kier alpha value is -1.74. The predicted molar refractivity (Wildman–Crippen MR) is 162 cm³/mol. The van der Waals surface area contributed by atoms with Gasteiger partial charge >= 0.3 is 0 Å². The van der Waals surface area contributed by atoms with E-state index < -0.39 is 26.5 Å². The fraction of sp³-hybridized carbons (Fsp3) is 0.625. The van der Waals surface area contributed by atoms with Crippen molar-refractivity contribution in [3.63, 3.8) is 0 Å². The average Bonchev–Trinajstić information content (AvgIpc) is 2.91. The first-order valence-corrected chi connectivity index (χ1v) is 18.0. The molecule has 226 valence electrons. The zero-order valence-electron chi connectivity index (χ0n) is 24.8. The lowest BCUT2D eigenvalue weighted by Gasteiger charge is -2.18. The second-order valence-corrected chi connectivity index (χ2v) is 14.0. The molecule has 0 spiro atoms. The van der Waals surface area contributed by atoms with Crippen molar-refractivity contribution in [1.82, 2.24) is 0 Å². The van der Waals surface area contributed by atoms with Gasteiger partial charge < -0.3 is 0 Å². The molecule has 8 heteroatoms. The quantitative estimate of drug-likeness (QED) is 0.0768. The van der Waals surface area contributed by atoms with Crippen molar-refractivity contribution >= 4 is 20.2 Å². The number of aryl methyl sites for hydroxylation is 2. The normalized spacial score (nSPS) is 12.3. The number of rotatable bonds is 22. The Morgan fingerprint density at radius 1 is 0.500 bits per heavy atom. The van der Waals surface area contributed by atoms with Crippen molar-refractivity contribution in [1.29, 1.82) is 0 Å². The van der Waals surface area contributed by atoms with E-state index in [1.165, 1.54) is 94.9 Å². The van der Waals surface area contributed by atoms with Gasteiger partial charge in [-0.1, -0.05) is 132 Å². The zero-order chi connectivity index (χ0) is 29.3. The molecular weight excluding hydrogens is 544 g/mol. The lowest BCUT2D eigenvalue weighted by Crippen LogP contribution is -2.25. The lowest BCUT2D eigenvalue weighted by atomic mass is 10.0. The maximum Gasteiger partial charge on any atom is 0.299 e. The van der Waals surface area contributed by atoms with E-state index in [1.807, 2.05) is 13.8 Å². The fourth-order valence-electron chi connectivity index (χ4n) is 4.60. The van der Waals surface area contributed by atoms with Crippen LogP contribution in [0.15, 0.2) is 58.3 Å². The summed E-state index contributed by atoms with van der Waals surface area (Å²) in [6, 6.07) is 12.5. The van der Waals surface area contributed by atoms with Crippen LogP contribution >= 0.6 is 0 Å². The second kappa shape index (κ2) is 18.6. The summed E-state index contributed by atoms with van der Waals surface area (Å²) < 4.78 is 62.2. The van der Waals surface area contributed by atoms with E-state index in [4.69, 9.17) is 8.37 Å². The summed E-state index contributed by atoms with van der Waals surface area (Å²) in [7, 11) is -8.40. The van der Waals surface area contributed by atoms with E-state index in [0.717, 1.165) is 30.4 Å². The molecule has 2 aromatic rings. The van der Waals surface area contributed by atoms with Crippen molar-refractivity contribution in [3.8, 4) is 0 Å². The van der Waals surface area contributed by atoms with Crippen molar-refractivity contribution in [2.45, 2.75) is 140 Å². The average molecular weight is 595 g/mol. The van der Waals surface area contributed by atoms with Crippen LogP contribution in [0.4, 0.5) is 0 Å². The summed E-state index contributed by atoms with van der Waals surface area (Å²) in [5, 5.41) is 0. The molecule has 0 amide bonds. The number of unbranched alkanes of at least 4 members (excludes halogenated alkanes) is 14. The third-order valence-corrected chi connectivity index (χ3v) is 9.77. The van der Waals surface area contributed by atoms with Gasteiger partial charge in [0.25, 0.3) is 20.2 Å². The minimum Gasteiger partial charge on any atom is -0.233 e. The first kappa shape index (κ1) is 34.5. The minimum atomic E-state index is -4.20. The van der Waals surface area contributed by atoms with Crippen LogP contribution in [0.25, 0.3) is 0 Å². The summed E-state index contributed by atoms with van der Waals surface area (Å²) in [6.07, 6.45) is 16.8. The molecule has 40 heavy (non-hydrogen) atoms. The SMILES string of the molecule is CCCCCCCCCCCCCCCCCC(OS(=O)(=O)c1ccc(C)cc1)OS(=O)(=O)c1ccc(C)cc1. The van der Waals surface area contributed by atoms with Crippen molar-refractivity contribution in [2.75, 3.05) is 0 Å². The molecule has 0 aliphatic heterocycles. The molecule has 0 heterocycles.